The molecule has 0 bridgehead atoms. The topological polar surface area (TPSA) is 64.6 Å². The molecule has 1 N–H and O–H groups in total. The van der Waals surface area contributed by atoms with E-state index in [1.54, 1.807) is 6.92 Å². The number of nitrogens with one attached hydrogen (secondary N) is 1. The summed E-state index contributed by atoms with van der Waals surface area (Å²) in [6.45, 7) is 7.53. The molecule has 1 atom stereocenters. The molecule has 0 spiro atoms. The van der Waals surface area contributed by atoms with Crippen LogP contribution in [-0.4, -0.2) is 58.9 Å². The molecule has 7 heteroatoms. The summed E-state index contributed by atoms with van der Waals surface area (Å²) in [6, 6.07) is 8.86. The lowest BCUT2D eigenvalue weighted by Gasteiger charge is -2.32. The highest BCUT2D eigenvalue weighted by molar-refractivity contribution is 5.74. The zero-order chi connectivity index (χ0) is 22.1. The predicted molar refractivity (Wildman–Crippen MR) is 127 cm³/mol. The molecule has 1 aromatic heterocycles. The van der Waals surface area contributed by atoms with Gasteiger partial charge in [0.15, 0.2) is 5.82 Å². The first-order valence-electron chi connectivity index (χ1n) is 12.0. The normalized spacial score (nSPS) is 21.1. The van der Waals surface area contributed by atoms with Gasteiger partial charge in [-0.1, -0.05) is 18.2 Å². The van der Waals surface area contributed by atoms with E-state index in [1.165, 1.54) is 29.7 Å². The molecule has 0 radical (unpaired) electrons. The van der Waals surface area contributed by atoms with Gasteiger partial charge in [-0.05, 0) is 43.7 Å². The maximum absolute atomic E-state index is 12.1. The number of hydrogen-bond donors (Lipinski definition) is 1. The largest absolute Gasteiger partial charge is 0.373 e. The Bertz CT molecular complexity index is 986. The number of aromatic nitrogens is 2. The molecule has 1 aromatic carbocycles. The number of amides is 1. The van der Waals surface area contributed by atoms with Crippen LogP contribution in [0.25, 0.3) is 0 Å². The minimum absolute atomic E-state index is 0.00355. The molecular weight excluding hydrogens is 400 g/mol. The zero-order valence-electron chi connectivity index (χ0n) is 19.3. The molecule has 2 saturated heterocycles. The maximum atomic E-state index is 12.1. The van der Waals surface area contributed by atoms with Crippen LogP contribution in [0.1, 0.15) is 61.3 Å². The van der Waals surface area contributed by atoms with Crippen molar-refractivity contribution in [3.63, 3.8) is 0 Å². The Morgan fingerprint density at radius 1 is 1.09 bits per heavy atom. The Morgan fingerprint density at radius 2 is 1.91 bits per heavy atom. The van der Waals surface area contributed by atoms with E-state index in [2.05, 4.69) is 39.4 Å². The summed E-state index contributed by atoms with van der Waals surface area (Å²) in [5.74, 6) is 1.83. The number of fused-ring (bicyclic) bond motifs is 1. The van der Waals surface area contributed by atoms with Gasteiger partial charge < -0.3 is 15.1 Å². The van der Waals surface area contributed by atoms with Crippen LogP contribution in [0.2, 0.25) is 0 Å². The van der Waals surface area contributed by atoms with E-state index in [0.717, 1.165) is 75.9 Å². The number of hydrogen-bond acceptors (Lipinski definition) is 6. The van der Waals surface area contributed by atoms with Crippen LogP contribution in [0.3, 0.4) is 0 Å². The lowest BCUT2D eigenvalue weighted by atomic mass is 10.0. The molecule has 0 saturated carbocycles. The fourth-order valence-corrected chi connectivity index (χ4v) is 5.56. The van der Waals surface area contributed by atoms with Crippen molar-refractivity contribution in [3.8, 4) is 0 Å². The summed E-state index contributed by atoms with van der Waals surface area (Å²) >= 11 is 0. The van der Waals surface area contributed by atoms with E-state index in [0.29, 0.717) is 0 Å². The second kappa shape index (κ2) is 9.06. The minimum Gasteiger partial charge on any atom is -0.373 e. The van der Waals surface area contributed by atoms with Gasteiger partial charge in [0.2, 0.25) is 5.91 Å². The highest BCUT2D eigenvalue weighted by Gasteiger charge is 2.32. The molecule has 5 rings (SSSR count). The number of carbonyl (C=O) groups excluding carboxylic acids is 1. The van der Waals surface area contributed by atoms with E-state index in [4.69, 9.17) is 9.97 Å². The van der Waals surface area contributed by atoms with E-state index in [9.17, 15) is 4.79 Å². The van der Waals surface area contributed by atoms with E-state index < -0.39 is 0 Å². The average molecular weight is 435 g/mol. The number of benzene rings is 1. The molecule has 1 unspecified atom stereocenters. The molecule has 1 amide bonds. The zero-order valence-corrected chi connectivity index (χ0v) is 19.3. The minimum atomic E-state index is -0.00355. The molecule has 7 nitrogen and oxygen atoms in total. The second-order valence-electron chi connectivity index (χ2n) is 9.26. The Labute approximate surface area is 190 Å². The molecule has 170 valence electrons. The molecule has 3 aliphatic rings. The smallest absolute Gasteiger partial charge is 0.220 e. The van der Waals surface area contributed by atoms with Crippen molar-refractivity contribution in [2.45, 2.75) is 58.2 Å². The average Bonchev–Trinajstić information content (AvgIpc) is 3.51. The van der Waals surface area contributed by atoms with E-state index in [-0.39, 0.29) is 11.9 Å². The van der Waals surface area contributed by atoms with Crippen molar-refractivity contribution >= 4 is 17.4 Å². The van der Waals surface area contributed by atoms with Gasteiger partial charge in [-0.2, -0.15) is 0 Å². The van der Waals surface area contributed by atoms with Crippen molar-refractivity contribution in [2.24, 2.45) is 0 Å². The molecule has 4 heterocycles. The van der Waals surface area contributed by atoms with Crippen LogP contribution < -0.4 is 10.2 Å². The van der Waals surface area contributed by atoms with Crippen molar-refractivity contribution in [1.82, 2.24) is 19.8 Å². The van der Waals surface area contributed by atoms with Gasteiger partial charge in [0.05, 0.1) is 11.7 Å². The summed E-state index contributed by atoms with van der Waals surface area (Å²) in [6.07, 6.45) is 5.47. The van der Waals surface area contributed by atoms with Gasteiger partial charge >= 0.3 is 0 Å². The van der Waals surface area contributed by atoms with E-state index >= 15 is 0 Å². The Kier molecular flexibility index (Phi) is 6.00. The van der Waals surface area contributed by atoms with Crippen molar-refractivity contribution in [1.29, 1.82) is 0 Å². The third kappa shape index (κ3) is 4.06. The molecule has 2 aromatic rings. The first-order valence-corrected chi connectivity index (χ1v) is 12.0. The summed E-state index contributed by atoms with van der Waals surface area (Å²) in [5, 5.41) is 3.29. The second-order valence-corrected chi connectivity index (χ2v) is 9.26. The third-order valence-electron chi connectivity index (χ3n) is 7.19. The fraction of sp³-hybridized carbons (Fsp3) is 0.560. The number of anilines is 2. The van der Waals surface area contributed by atoms with Crippen molar-refractivity contribution in [3.05, 3.63) is 46.9 Å². The van der Waals surface area contributed by atoms with Crippen LogP contribution in [0.5, 0.6) is 0 Å². The van der Waals surface area contributed by atoms with Crippen LogP contribution in [-0.2, 0) is 24.3 Å². The van der Waals surface area contributed by atoms with Crippen molar-refractivity contribution in [2.75, 3.05) is 43.4 Å². The standard InChI is InChI=1S/C25H34N6O/c1-18(32)31-14-7-10-23(31)25-27-21-17-29(15-11-20(21)24(26-2)28-25)16-19-8-3-4-9-22(19)30-12-5-6-13-30/h3-4,8-9,23H,5-7,10-17H2,1-2H3,(H,26,27,28). The Morgan fingerprint density at radius 3 is 2.69 bits per heavy atom. The van der Waals surface area contributed by atoms with Gasteiger partial charge in [-0.3, -0.25) is 9.69 Å². The fourth-order valence-electron chi connectivity index (χ4n) is 5.56. The first kappa shape index (κ1) is 21.2. The molecule has 3 aliphatic heterocycles. The number of nitrogens with zero attached hydrogens (tertiary/aromatic N) is 5. The number of likely N-dealkylation sites (tertiary alicyclic amines) is 1. The number of para-hydroxylation sites is 1. The lowest BCUT2D eigenvalue weighted by molar-refractivity contribution is -0.129. The molecule has 2 fully saturated rings. The highest BCUT2D eigenvalue weighted by Crippen LogP contribution is 2.34. The SMILES string of the molecule is CNc1nc(C2CCCN2C(C)=O)nc2c1CCN(Cc1ccccc1N1CCCC1)C2. The summed E-state index contributed by atoms with van der Waals surface area (Å²) in [7, 11) is 1.93. The summed E-state index contributed by atoms with van der Waals surface area (Å²) < 4.78 is 0. The van der Waals surface area contributed by atoms with Crippen molar-refractivity contribution < 1.29 is 4.79 Å². The molecular formula is C25H34N6O. The van der Waals surface area contributed by atoms with Gasteiger partial charge in [0.25, 0.3) is 0 Å². The van der Waals surface area contributed by atoms with Crippen LogP contribution >= 0.6 is 0 Å². The first-order chi connectivity index (χ1) is 15.6. The molecule has 32 heavy (non-hydrogen) atoms. The number of carbonyl (C=O) groups is 1. The quantitative estimate of drug-likeness (QED) is 0.779. The van der Waals surface area contributed by atoms with E-state index in [1.807, 2.05) is 11.9 Å². The van der Waals surface area contributed by atoms with Gasteiger partial charge in [-0.25, -0.2) is 9.97 Å². The monoisotopic (exact) mass is 434 g/mol. The highest BCUT2D eigenvalue weighted by atomic mass is 16.2. The van der Waals surface area contributed by atoms with Crippen LogP contribution in [0.4, 0.5) is 11.5 Å². The third-order valence-corrected chi connectivity index (χ3v) is 7.19. The summed E-state index contributed by atoms with van der Waals surface area (Å²) in [4.78, 5) is 29.0. The molecule has 0 aliphatic carbocycles. The van der Waals surface area contributed by atoms with Gasteiger partial charge in [0, 0.05) is 64.5 Å². The predicted octanol–water partition coefficient (Wildman–Crippen LogP) is 3.36. The van der Waals surface area contributed by atoms with Crippen LogP contribution in [0, 0.1) is 0 Å². The lowest BCUT2D eigenvalue weighted by Crippen LogP contribution is -2.34. The number of rotatable bonds is 5. The summed E-state index contributed by atoms with van der Waals surface area (Å²) in [5.41, 5.74) is 5.13. The Hall–Kier alpha value is -2.67. The van der Waals surface area contributed by atoms with Crippen LogP contribution in [0.15, 0.2) is 24.3 Å². The van der Waals surface area contributed by atoms with Gasteiger partial charge in [-0.15, -0.1) is 0 Å². The van der Waals surface area contributed by atoms with Gasteiger partial charge in [0.1, 0.15) is 5.82 Å². The maximum Gasteiger partial charge on any atom is 0.220 e. The Balaban J connectivity index is 1.39.